The third-order valence-electron chi connectivity index (χ3n) is 5.99. The highest BCUT2D eigenvalue weighted by atomic mass is 32.1. The Morgan fingerprint density at radius 1 is 1.23 bits per heavy atom. The van der Waals surface area contributed by atoms with Gasteiger partial charge in [0.2, 0.25) is 0 Å². The Balaban J connectivity index is 1.30. The number of Topliss-reactive ketones (excluding diaryl/α,β-unsaturated/α-hetero) is 1. The van der Waals surface area contributed by atoms with Gasteiger partial charge in [0.1, 0.15) is 17.2 Å². The van der Waals surface area contributed by atoms with Crippen molar-refractivity contribution in [1.29, 1.82) is 0 Å². The molecule has 0 N–H and O–H groups in total. The topological polar surface area (TPSA) is 73.1 Å². The summed E-state index contributed by atoms with van der Waals surface area (Å²) >= 11 is 1.49. The molecule has 35 heavy (non-hydrogen) atoms. The number of thiophene rings is 1. The van der Waals surface area contributed by atoms with Crippen LogP contribution in [-0.2, 0) is 17.8 Å². The third-order valence-corrected chi connectivity index (χ3v) is 7.15. The molecule has 1 aliphatic carbocycles. The molecule has 5 rings (SSSR count). The van der Waals surface area contributed by atoms with Gasteiger partial charge in [-0.15, -0.1) is 16.4 Å². The van der Waals surface area contributed by atoms with E-state index in [1.54, 1.807) is 24.4 Å². The first-order valence-corrected chi connectivity index (χ1v) is 12.7. The molecule has 3 heterocycles. The highest BCUT2D eigenvalue weighted by molar-refractivity contribution is 7.22. The van der Waals surface area contributed by atoms with Crippen molar-refractivity contribution in [2.75, 3.05) is 20.6 Å². The molecule has 0 atom stereocenters. The average Bonchev–Trinajstić information content (AvgIpc) is 3.31. The zero-order valence-corrected chi connectivity index (χ0v) is 20.7. The van der Waals surface area contributed by atoms with Crippen LogP contribution in [-0.4, -0.2) is 51.3 Å². The number of pyridine rings is 1. The number of aryl methyl sites for hydroxylation is 1. The monoisotopic (exact) mass is 493 g/mol. The molecule has 1 saturated carbocycles. The molecule has 4 aromatic rings. The molecular weight excluding hydrogens is 465 g/mol. The van der Waals surface area contributed by atoms with Crippen molar-refractivity contribution in [3.8, 4) is 22.1 Å². The molecule has 0 amide bonds. The van der Waals surface area contributed by atoms with Crippen LogP contribution in [0.3, 0.4) is 0 Å². The van der Waals surface area contributed by atoms with Gasteiger partial charge in [0.25, 0.3) is 0 Å². The van der Waals surface area contributed by atoms with E-state index in [9.17, 15) is 9.18 Å². The van der Waals surface area contributed by atoms with E-state index in [1.165, 1.54) is 17.4 Å². The van der Waals surface area contributed by atoms with E-state index in [4.69, 9.17) is 4.74 Å². The molecule has 1 aliphatic rings. The van der Waals surface area contributed by atoms with Crippen molar-refractivity contribution >= 4 is 27.3 Å². The Morgan fingerprint density at radius 2 is 2.09 bits per heavy atom. The lowest BCUT2D eigenvalue weighted by atomic mass is 10.0. The lowest BCUT2D eigenvalue weighted by Gasteiger charge is -2.09. The molecule has 1 fully saturated rings. The fraction of sp³-hybridized carbons (Fsp3) is 0.385. The summed E-state index contributed by atoms with van der Waals surface area (Å²) in [5, 5.41) is 8.55. The van der Waals surface area contributed by atoms with Gasteiger partial charge in [0, 0.05) is 31.6 Å². The summed E-state index contributed by atoms with van der Waals surface area (Å²) in [6.07, 6.45) is 7.69. The van der Waals surface area contributed by atoms with Crippen LogP contribution in [0.2, 0.25) is 0 Å². The minimum absolute atomic E-state index is 0.123. The van der Waals surface area contributed by atoms with Crippen LogP contribution in [0, 0.1) is 11.7 Å². The molecule has 1 aromatic carbocycles. The third kappa shape index (κ3) is 5.91. The Labute approximate surface area is 207 Å². The zero-order chi connectivity index (χ0) is 24.4. The van der Waals surface area contributed by atoms with Gasteiger partial charge in [-0.1, -0.05) is 11.3 Å². The molecule has 0 unspecified atom stereocenters. The van der Waals surface area contributed by atoms with Crippen molar-refractivity contribution in [2.24, 2.45) is 5.92 Å². The maximum atomic E-state index is 14.8. The normalized spacial score (nSPS) is 13.6. The number of aromatic nitrogens is 4. The number of rotatable bonds is 11. The molecule has 7 nitrogen and oxygen atoms in total. The second-order valence-corrected chi connectivity index (χ2v) is 10.4. The summed E-state index contributed by atoms with van der Waals surface area (Å²) in [5.41, 5.74) is 2.20. The van der Waals surface area contributed by atoms with Crippen molar-refractivity contribution < 1.29 is 13.9 Å². The molecule has 0 saturated heterocycles. The van der Waals surface area contributed by atoms with Gasteiger partial charge in [-0.05, 0) is 69.6 Å². The van der Waals surface area contributed by atoms with E-state index < -0.39 is 5.82 Å². The Morgan fingerprint density at radius 3 is 2.86 bits per heavy atom. The quantitative estimate of drug-likeness (QED) is 0.280. The number of ketones is 1. The molecule has 182 valence electrons. The number of ether oxygens (including phenoxy) is 1. The molecule has 0 aliphatic heterocycles. The van der Waals surface area contributed by atoms with Gasteiger partial charge >= 0.3 is 0 Å². The predicted molar refractivity (Wildman–Crippen MR) is 134 cm³/mol. The van der Waals surface area contributed by atoms with E-state index in [1.807, 2.05) is 31.0 Å². The summed E-state index contributed by atoms with van der Waals surface area (Å²) in [5.74, 6) is 0.868. The predicted octanol–water partition coefficient (Wildman–Crippen LogP) is 5.35. The SMILES string of the molecule is CN(C)CCCn1cc(-c2cc3nccc(Oc4ccc(CC(=O)CC5CC5)cc4F)c3s2)nn1. The van der Waals surface area contributed by atoms with E-state index >= 15 is 0 Å². The first-order chi connectivity index (χ1) is 16.9. The maximum absolute atomic E-state index is 14.8. The number of nitrogens with zero attached hydrogens (tertiary/aromatic N) is 5. The molecule has 0 radical (unpaired) electrons. The maximum Gasteiger partial charge on any atom is 0.166 e. The minimum Gasteiger partial charge on any atom is -0.453 e. The Bertz CT molecular complexity index is 1340. The summed E-state index contributed by atoms with van der Waals surface area (Å²) in [4.78, 5) is 19.6. The van der Waals surface area contributed by atoms with Crippen LogP contribution in [0.4, 0.5) is 4.39 Å². The van der Waals surface area contributed by atoms with Gasteiger partial charge in [0.05, 0.1) is 21.3 Å². The first-order valence-electron chi connectivity index (χ1n) is 11.9. The van der Waals surface area contributed by atoms with Gasteiger partial charge < -0.3 is 9.64 Å². The Hall–Kier alpha value is -3.17. The van der Waals surface area contributed by atoms with Crippen LogP contribution < -0.4 is 4.74 Å². The van der Waals surface area contributed by atoms with Gasteiger partial charge in [0.15, 0.2) is 11.6 Å². The van der Waals surface area contributed by atoms with Crippen molar-refractivity contribution in [3.63, 3.8) is 0 Å². The Kier molecular flexibility index (Phi) is 6.88. The van der Waals surface area contributed by atoms with Crippen LogP contribution in [0.1, 0.15) is 31.2 Å². The fourth-order valence-corrected chi connectivity index (χ4v) is 5.01. The molecule has 0 spiro atoms. The molecular formula is C26H28FN5O2S. The zero-order valence-electron chi connectivity index (χ0n) is 19.9. The summed E-state index contributed by atoms with van der Waals surface area (Å²) in [6, 6.07) is 8.43. The van der Waals surface area contributed by atoms with Gasteiger partial charge in [-0.3, -0.25) is 14.5 Å². The van der Waals surface area contributed by atoms with Crippen LogP contribution in [0.25, 0.3) is 20.8 Å². The molecule has 3 aromatic heterocycles. The lowest BCUT2D eigenvalue weighted by Crippen LogP contribution is -2.15. The van der Waals surface area contributed by atoms with Crippen LogP contribution in [0.5, 0.6) is 11.5 Å². The number of fused-ring (bicyclic) bond motifs is 1. The number of halogens is 1. The van der Waals surface area contributed by atoms with Gasteiger partial charge in [-0.2, -0.15) is 0 Å². The highest BCUT2D eigenvalue weighted by Crippen LogP contribution is 2.39. The van der Waals surface area contributed by atoms with Crippen molar-refractivity contribution in [2.45, 2.75) is 38.6 Å². The second-order valence-electron chi connectivity index (χ2n) is 9.39. The first kappa shape index (κ1) is 23.6. The van der Waals surface area contributed by atoms with E-state index in [2.05, 4.69) is 20.2 Å². The fourth-order valence-electron chi connectivity index (χ4n) is 3.99. The average molecular weight is 494 g/mol. The minimum atomic E-state index is -0.482. The number of carbonyl (C=O) groups is 1. The summed E-state index contributed by atoms with van der Waals surface area (Å²) < 4.78 is 23.4. The lowest BCUT2D eigenvalue weighted by molar-refractivity contribution is -0.118. The standard InChI is InChI=1S/C26H28FN5O2S/c1-31(2)10-3-11-32-16-22(29-30-32)25-15-21-26(35-25)24(8-9-28-21)34-23-7-6-18(14-20(23)27)13-19(33)12-17-4-5-17/h6-9,14-17H,3-5,10-13H2,1-2H3. The smallest absolute Gasteiger partial charge is 0.166 e. The van der Waals surface area contributed by atoms with Gasteiger partial charge in [-0.25, -0.2) is 4.39 Å². The van der Waals surface area contributed by atoms with Crippen LogP contribution in [0.15, 0.2) is 42.7 Å². The van der Waals surface area contributed by atoms with Crippen LogP contribution >= 0.6 is 11.3 Å². The number of carbonyl (C=O) groups excluding carboxylic acids is 1. The van der Waals surface area contributed by atoms with E-state index in [0.29, 0.717) is 23.7 Å². The summed E-state index contributed by atoms with van der Waals surface area (Å²) in [7, 11) is 4.10. The number of hydrogen-bond acceptors (Lipinski definition) is 7. The van der Waals surface area contributed by atoms with Crippen molar-refractivity contribution in [3.05, 3.63) is 54.1 Å². The summed E-state index contributed by atoms with van der Waals surface area (Å²) in [6.45, 7) is 1.78. The largest absolute Gasteiger partial charge is 0.453 e. The second kappa shape index (κ2) is 10.2. The van der Waals surface area contributed by atoms with E-state index in [0.717, 1.165) is 53.1 Å². The molecule has 0 bridgehead atoms. The molecule has 9 heteroatoms. The van der Waals surface area contributed by atoms with E-state index in [-0.39, 0.29) is 18.0 Å². The number of hydrogen-bond donors (Lipinski definition) is 0. The van der Waals surface area contributed by atoms with Crippen molar-refractivity contribution in [1.82, 2.24) is 24.9 Å². The number of benzene rings is 1. The highest BCUT2D eigenvalue weighted by Gasteiger charge is 2.24.